The number of furan rings is 1. The third kappa shape index (κ3) is 2.48. The van der Waals surface area contributed by atoms with Crippen LogP contribution >= 0.6 is 0 Å². The van der Waals surface area contributed by atoms with E-state index in [9.17, 15) is 14.5 Å². The molecule has 0 aliphatic carbocycles. The van der Waals surface area contributed by atoms with Crippen molar-refractivity contribution in [3.8, 4) is 22.6 Å². The molecular formula is C14H8FN3O3. The number of halogens is 1. The quantitative estimate of drug-likeness (QED) is 0.543. The van der Waals surface area contributed by atoms with Gasteiger partial charge in [0.25, 0.3) is 0 Å². The summed E-state index contributed by atoms with van der Waals surface area (Å²) in [5.74, 6) is -0.470. The fraction of sp³-hybridized carbons (Fsp3) is 0. The second kappa shape index (κ2) is 5.12. The topological polar surface area (TPSA) is 82.1 Å². The lowest BCUT2D eigenvalue weighted by Crippen LogP contribution is -1.90. The monoisotopic (exact) mass is 285 g/mol. The zero-order valence-corrected chi connectivity index (χ0v) is 10.6. The zero-order valence-electron chi connectivity index (χ0n) is 10.6. The summed E-state index contributed by atoms with van der Waals surface area (Å²) in [4.78, 5) is 18.1. The number of rotatable bonds is 3. The van der Waals surface area contributed by atoms with E-state index < -0.39 is 4.92 Å². The molecule has 0 spiro atoms. The summed E-state index contributed by atoms with van der Waals surface area (Å²) in [5.41, 5.74) is 1.69. The summed E-state index contributed by atoms with van der Waals surface area (Å²) >= 11 is 0. The molecular weight excluding hydrogens is 277 g/mol. The molecule has 3 aromatic rings. The van der Waals surface area contributed by atoms with Crippen molar-refractivity contribution in [2.24, 2.45) is 0 Å². The lowest BCUT2D eigenvalue weighted by molar-refractivity contribution is -0.401. The fourth-order valence-electron chi connectivity index (χ4n) is 1.92. The number of aromatic nitrogens is 2. The van der Waals surface area contributed by atoms with Crippen molar-refractivity contribution in [2.75, 3.05) is 0 Å². The van der Waals surface area contributed by atoms with Gasteiger partial charge in [-0.1, -0.05) is 12.1 Å². The van der Waals surface area contributed by atoms with Crippen LogP contribution in [0.25, 0.3) is 22.6 Å². The van der Waals surface area contributed by atoms with Crippen LogP contribution in [-0.4, -0.2) is 14.9 Å². The standard InChI is InChI=1S/C14H8FN3O3/c15-10-3-1-9(2-4-10)11-7-16-8-17-14(11)12-5-6-13(21-12)18(19)20/h1-8H. The summed E-state index contributed by atoms with van der Waals surface area (Å²) < 4.78 is 18.1. The van der Waals surface area contributed by atoms with Gasteiger partial charge in [0.05, 0.1) is 6.07 Å². The Morgan fingerprint density at radius 2 is 1.90 bits per heavy atom. The molecule has 0 radical (unpaired) electrons. The van der Waals surface area contributed by atoms with E-state index in [-0.39, 0.29) is 17.5 Å². The second-order valence-electron chi connectivity index (χ2n) is 4.19. The molecule has 0 saturated carbocycles. The summed E-state index contributed by atoms with van der Waals surface area (Å²) in [6.07, 6.45) is 2.86. The first kappa shape index (κ1) is 12.9. The van der Waals surface area contributed by atoms with Gasteiger partial charge in [-0.3, -0.25) is 10.1 Å². The average Bonchev–Trinajstić information content (AvgIpc) is 2.98. The van der Waals surface area contributed by atoms with E-state index >= 15 is 0 Å². The molecule has 0 fully saturated rings. The van der Waals surface area contributed by atoms with E-state index in [1.807, 2.05) is 0 Å². The number of hydrogen-bond donors (Lipinski definition) is 0. The molecule has 0 saturated heterocycles. The van der Waals surface area contributed by atoms with Gasteiger partial charge in [0.15, 0.2) is 5.76 Å². The Labute approximate surface area is 118 Å². The fourth-order valence-corrected chi connectivity index (χ4v) is 1.92. The first-order chi connectivity index (χ1) is 10.1. The van der Waals surface area contributed by atoms with Crippen LogP contribution in [0, 0.1) is 15.9 Å². The highest BCUT2D eigenvalue weighted by atomic mass is 19.1. The molecule has 0 bridgehead atoms. The van der Waals surface area contributed by atoms with E-state index in [0.29, 0.717) is 16.8 Å². The molecule has 0 atom stereocenters. The molecule has 0 unspecified atom stereocenters. The van der Waals surface area contributed by atoms with Gasteiger partial charge in [0.2, 0.25) is 0 Å². The van der Waals surface area contributed by atoms with Gasteiger partial charge in [-0.15, -0.1) is 0 Å². The average molecular weight is 285 g/mol. The Kier molecular flexibility index (Phi) is 3.15. The van der Waals surface area contributed by atoms with Gasteiger partial charge in [-0.2, -0.15) is 0 Å². The van der Waals surface area contributed by atoms with E-state index in [1.165, 1.54) is 30.6 Å². The van der Waals surface area contributed by atoms with Gasteiger partial charge < -0.3 is 4.42 Å². The predicted molar refractivity (Wildman–Crippen MR) is 71.8 cm³/mol. The number of hydrogen-bond acceptors (Lipinski definition) is 5. The molecule has 104 valence electrons. The van der Waals surface area contributed by atoms with Crippen molar-refractivity contribution >= 4 is 5.88 Å². The third-order valence-corrected chi connectivity index (χ3v) is 2.87. The highest BCUT2D eigenvalue weighted by Crippen LogP contribution is 2.32. The smallest absolute Gasteiger partial charge is 0.399 e. The molecule has 0 N–H and O–H groups in total. The van der Waals surface area contributed by atoms with Crippen LogP contribution in [0.5, 0.6) is 0 Å². The van der Waals surface area contributed by atoms with Gasteiger partial charge in [0.1, 0.15) is 22.8 Å². The van der Waals surface area contributed by atoms with Crippen LogP contribution < -0.4 is 0 Å². The van der Waals surface area contributed by atoms with Crippen LogP contribution in [0.2, 0.25) is 0 Å². The maximum atomic E-state index is 13.0. The molecule has 2 heterocycles. The molecule has 0 aliphatic rings. The minimum absolute atomic E-state index is 0.253. The van der Waals surface area contributed by atoms with Crippen LogP contribution in [0.15, 0.2) is 53.3 Å². The van der Waals surface area contributed by atoms with Gasteiger partial charge in [0, 0.05) is 11.8 Å². The SMILES string of the molecule is O=[N+]([O-])c1ccc(-c2ncncc2-c2ccc(F)cc2)o1. The highest BCUT2D eigenvalue weighted by molar-refractivity contribution is 5.77. The molecule has 21 heavy (non-hydrogen) atoms. The maximum absolute atomic E-state index is 13.0. The van der Waals surface area contributed by atoms with E-state index in [2.05, 4.69) is 9.97 Å². The third-order valence-electron chi connectivity index (χ3n) is 2.87. The Balaban J connectivity index is 2.10. The van der Waals surface area contributed by atoms with E-state index in [1.54, 1.807) is 18.3 Å². The predicted octanol–water partition coefficient (Wildman–Crippen LogP) is 3.45. The maximum Gasteiger partial charge on any atom is 0.433 e. The summed E-state index contributed by atoms with van der Waals surface area (Å²) in [6.45, 7) is 0. The number of benzene rings is 1. The van der Waals surface area contributed by atoms with Crippen LogP contribution in [0.4, 0.5) is 10.3 Å². The molecule has 6 nitrogen and oxygen atoms in total. The van der Waals surface area contributed by atoms with Gasteiger partial charge in [-0.25, -0.2) is 14.4 Å². The van der Waals surface area contributed by atoms with Crippen molar-refractivity contribution in [3.63, 3.8) is 0 Å². The molecule has 2 aromatic heterocycles. The van der Waals surface area contributed by atoms with Crippen molar-refractivity contribution in [1.29, 1.82) is 0 Å². The lowest BCUT2D eigenvalue weighted by atomic mass is 10.0. The summed E-state index contributed by atoms with van der Waals surface area (Å²) in [5, 5.41) is 10.7. The first-order valence-corrected chi connectivity index (χ1v) is 5.95. The minimum atomic E-state index is -0.623. The van der Waals surface area contributed by atoms with E-state index in [4.69, 9.17) is 4.42 Å². The van der Waals surface area contributed by atoms with E-state index in [0.717, 1.165) is 0 Å². The number of nitro groups is 1. The molecule has 7 heteroatoms. The van der Waals surface area contributed by atoms with Crippen LogP contribution in [0.1, 0.15) is 0 Å². The summed E-state index contributed by atoms with van der Waals surface area (Å²) in [6, 6.07) is 8.51. The Hall–Kier alpha value is -3.09. The highest BCUT2D eigenvalue weighted by Gasteiger charge is 2.17. The zero-order chi connectivity index (χ0) is 14.8. The normalized spacial score (nSPS) is 10.5. The van der Waals surface area contributed by atoms with Gasteiger partial charge >= 0.3 is 5.88 Å². The van der Waals surface area contributed by atoms with Crippen molar-refractivity contribution < 1.29 is 13.7 Å². The van der Waals surface area contributed by atoms with Crippen LogP contribution in [-0.2, 0) is 0 Å². The Morgan fingerprint density at radius 3 is 2.57 bits per heavy atom. The molecule has 0 amide bonds. The molecule has 0 aliphatic heterocycles. The second-order valence-corrected chi connectivity index (χ2v) is 4.19. The van der Waals surface area contributed by atoms with Crippen molar-refractivity contribution in [1.82, 2.24) is 9.97 Å². The van der Waals surface area contributed by atoms with Gasteiger partial charge in [-0.05, 0) is 23.8 Å². The molecule has 3 rings (SSSR count). The van der Waals surface area contributed by atoms with Crippen molar-refractivity contribution in [3.05, 3.63) is 64.9 Å². The minimum Gasteiger partial charge on any atom is -0.399 e. The Morgan fingerprint density at radius 1 is 1.14 bits per heavy atom. The van der Waals surface area contributed by atoms with Crippen LogP contribution in [0.3, 0.4) is 0 Å². The largest absolute Gasteiger partial charge is 0.433 e. The van der Waals surface area contributed by atoms with Crippen molar-refractivity contribution in [2.45, 2.75) is 0 Å². The Bertz CT molecular complexity index is 799. The summed E-state index contributed by atoms with van der Waals surface area (Å²) in [7, 11) is 0. The lowest BCUT2D eigenvalue weighted by Gasteiger charge is -2.05. The number of nitrogens with zero attached hydrogens (tertiary/aromatic N) is 3. The molecule has 1 aromatic carbocycles. The first-order valence-electron chi connectivity index (χ1n) is 5.95.